The van der Waals surface area contributed by atoms with Gasteiger partial charge in [-0.1, -0.05) is 0 Å². The monoisotopic (exact) mass is 381 g/mol. The summed E-state index contributed by atoms with van der Waals surface area (Å²) in [4.78, 5) is 23.7. The Kier molecular flexibility index (Phi) is 5.00. The van der Waals surface area contributed by atoms with Crippen molar-refractivity contribution in [3.8, 4) is 17.0 Å². The van der Waals surface area contributed by atoms with Gasteiger partial charge in [0.05, 0.1) is 31.2 Å². The van der Waals surface area contributed by atoms with Crippen LogP contribution in [0.3, 0.4) is 0 Å². The minimum Gasteiger partial charge on any atom is -0.481 e. The number of methoxy groups -OCH3 is 2. The van der Waals surface area contributed by atoms with Crippen LogP contribution in [-0.2, 0) is 11.2 Å². The quantitative estimate of drug-likeness (QED) is 0.802. The molecule has 0 unspecified atom stereocenters. The third kappa shape index (κ3) is 3.11. The second-order valence-corrected chi connectivity index (χ2v) is 7.03. The molecule has 7 nitrogen and oxygen atoms in total. The molecular formula is C21H23N3O4. The van der Waals surface area contributed by atoms with Gasteiger partial charge in [0.1, 0.15) is 0 Å². The number of ether oxygens (including phenoxy) is 2. The zero-order valence-electron chi connectivity index (χ0n) is 16.0. The minimum absolute atomic E-state index is 0.146. The van der Waals surface area contributed by atoms with Crippen LogP contribution in [0.5, 0.6) is 5.88 Å². The van der Waals surface area contributed by atoms with E-state index in [2.05, 4.69) is 14.9 Å². The second-order valence-electron chi connectivity index (χ2n) is 7.03. The van der Waals surface area contributed by atoms with Crippen LogP contribution in [0.25, 0.3) is 11.1 Å². The maximum atomic E-state index is 12.7. The van der Waals surface area contributed by atoms with E-state index >= 15 is 0 Å². The molecule has 1 N–H and O–H groups in total. The maximum absolute atomic E-state index is 12.7. The molecule has 0 amide bonds. The molecule has 7 heteroatoms. The zero-order valence-corrected chi connectivity index (χ0v) is 16.0. The minimum atomic E-state index is -0.358. The first-order valence-electron chi connectivity index (χ1n) is 9.33. The Bertz CT molecular complexity index is 924. The van der Waals surface area contributed by atoms with Gasteiger partial charge < -0.3 is 19.5 Å². The number of aliphatic hydroxyl groups excluding tert-OH is 1. The van der Waals surface area contributed by atoms with E-state index in [-0.39, 0.29) is 18.5 Å². The van der Waals surface area contributed by atoms with Gasteiger partial charge in [-0.25, -0.2) is 9.78 Å². The average molecular weight is 381 g/mol. The number of aliphatic hydroxyl groups is 1. The van der Waals surface area contributed by atoms with Crippen molar-refractivity contribution < 1.29 is 19.4 Å². The Labute approximate surface area is 163 Å². The molecule has 1 aromatic carbocycles. The summed E-state index contributed by atoms with van der Waals surface area (Å²) in [7, 11) is 2.98. The van der Waals surface area contributed by atoms with Gasteiger partial charge in [-0.15, -0.1) is 0 Å². The predicted octanol–water partition coefficient (Wildman–Crippen LogP) is 2.62. The highest BCUT2D eigenvalue weighted by Crippen LogP contribution is 2.44. The van der Waals surface area contributed by atoms with Crippen molar-refractivity contribution in [2.45, 2.75) is 12.8 Å². The number of esters is 1. The highest BCUT2D eigenvalue weighted by atomic mass is 16.5. The predicted molar refractivity (Wildman–Crippen MR) is 107 cm³/mol. The Morgan fingerprint density at radius 1 is 1.36 bits per heavy atom. The van der Waals surface area contributed by atoms with Crippen LogP contribution >= 0.6 is 0 Å². The van der Waals surface area contributed by atoms with E-state index in [1.54, 1.807) is 13.3 Å². The average Bonchev–Trinajstić information content (AvgIpc) is 3.41. The molecule has 2 aromatic rings. The number of benzene rings is 1. The lowest BCUT2D eigenvalue weighted by atomic mass is 9.94. The fourth-order valence-corrected chi connectivity index (χ4v) is 3.95. The molecule has 1 atom stereocenters. The number of aromatic nitrogens is 1. The number of carbonyl (C=O) groups is 1. The number of hydrogen-bond acceptors (Lipinski definition) is 7. The third-order valence-electron chi connectivity index (χ3n) is 5.43. The topological polar surface area (TPSA) is 84.2 Å². The van der Waals surface area contributed by atoms with E-state index in [0.717, 1.165) is 41.0 Å². The molecule has 1 aromatic heterocycles. The second kappa shape index (κ2) is 7.59. The molecule has 3 heterocycles. The Morgan fingerprint density at radius 3 is 2.86 bits per heavy atom. The molecule has 2 aliphatic heterocycles. The van der Waals surface area contributed by atoms with Crippen LogP contribution in [-0.4, -0.2) is 56.2 Å². The Morgan fingerprint density at radius 2 is 2.21 bits per heavy atom. The SMILES string of the molecule is COC(=O)c1c(N2CC[C@H](CO)C2)cc(-c2ccc(OC)nc2)c2c1CC=N2. The third-order valence-corrected chi connectivity index (χ3v) is 5.43. The molecule has 146 valence electrons. The number of nitrogens with zero attached hydrogens (tertiary/aromatic N) is 3. The summed E-state index contributed by atoms with van der Waals surface area (Å²) in [5, 5.41) is 9.53. The number of aliphatic imine (C=N–C) groups is 1. The van der Waals surface area contributed by atoms with Gasteiger partial charge in [0.15, 0.2) is 0 Å². The van der Waals surface area contributed by atoms with E-state index in [0.29, 0.717) is 24.4 Å². The molecule has 0 saturated carbocycles. The van der Waals surface area contributed by atoms with Crippen molar-refractivity contribution in [2.24, 2.45) is 10.9 Å². The lowest BCUT2D eigenvalue weighted by Gasteiger charge is -2.24. The number of pyridine rings is 1. The first-order valence-corrected chi connectivity index (χ1v) is 9.33. The van der Waals surface area contributed by atoms with Crippen molar-refractivity contribution in [3.63, 3.8) is 0 Å². The van der Waals surface area contributed by atoms with Crippen molar-refractivity contribution in [2.75, 3.05) is 38.8 Å². The normalized spacial score (nSPS) is 17.7. The Hall–Kier alpha value is -2.93. The fraction of sp³-hybridized carbons (Fsp3) is 0.381. The van der Waals surface area contributed by atoms with Crippen LogP contribution < -0.4 is 9.64 Å². The molecule has 2 aliphatic rings. The molecule has 0 spiro atoms. The van der Waals surface area contributed by atoms with Crippen LogP contribution in [0, 0.1) is 5.92 Å². The van der Waals surface area contributed by atoms with Crippen molar-refractivity contribution in [1.82, 2.24) is 4.98 Å². The number of anilines is 1. The van der Waals surface area contributed by atoms with Gasteiger partial charge in [0.2, 0.25) is 5.88 Å². The first-order chi connectivity index (χ1) is 13.7. The Balaban J connectivity index is 1.87. The summed E-state index contributed by atoms with van der Waals surface area (Å²) in [5.41, 5.74) is 4.90. The van der Waals surface area contributed by atoms with Crippen LogP contribution in [0.1, 0.15) is 22.3 Å². The first kappa shape index (κ1) is 18.4. The molecule has 0 radical (unpaired) electrons. The standard InChI is InChI=1S/C21H23N3O4/c1-27-18-4-3-14(10-23-18)16-9-17(24-8-6-13(11-24)12-25)19(21(26)28-2)15-5-7-22-20(15)16/h3-4,7,9-10,13,25H,5-6,8,11-12H2,1-2H3/t13-/m0/s1. The van der Waals surface area contributed by atoms with E-state index < -0.39 is 0 Å². The van der Waals surface area contributed by atoms with Gasteiger partial charge >= 0.3 is 5.97 Å². The van der Waals surface area contributed by atoms with Crippen LogP contribution in [0.15, 0.2) is 29.4 Å². The number of fused-ring (bicyclic) bond motifs is 1. The van der Waals surface area contributed by atoms with E-state index in [1.807, 2.05) is 24.4 Å². The molecule has 0 bridgehead atoms. The van der Waals surface area contributed by atoms with Crippen LogP contribution in [0.4, 0.5) is 11.4 Å². The molecule has 4 rings (SSSR count). The molecular weight excluding hydrogens is 358 g/mol. The molecule has 0 aliphatic carbocycles. The summed E-state index contributed by atoms with van der Waals surface area (Å²) in [5.74, 6) is 0.394. The highest BCUT2D eigenvalue weighted by Gasteiger charge is 2.31. The van der Waals surface area contributed by atoms with Gasteiger partial charge in [-0.3, -0.25) is 4.99 Å². The van der Waals surface area contributed by atoms with Crippen molar-refractivity contribution >= 4 is 23.6 Å². The molecule has 1 fully saturated rings. The van der Waals surface area contributed by atoms with Gasteiger partial charge in [-0.2, -0.15) is 0 Å². The molecule has 1 saturated heterocycles. The van der Waals surface area contributed by atoms with Gasteiger partial charge in [0, 0.05) is 67.2 Å². The van der Waals surface area contributed by atoms with Gasteiger partial charge in [0.25, 0.3) is 0 Å². The zero-order chi connectivity index (χ0) is 19.7. The van der Waals surface area contributed by atoms with Gasteiger partial charge in [-0.05, 0) is 18.6 Å². The number of carbonyl (C=O) groups excluding carboxylic acids is 1. The summed E-state index contributed by atoms with van der Waals surface area (Å²) >= 11 is 0. The van der Waals surface area contributed by atoms with Crippen molar-refractivity contribution in [3.05, 3.63) is 35.5 Å². The summed E-state index contributed by atoms with van der Waals surface area (Å²) in [6.45, 7) is 1.64. The van der Waals surface area contributed by atoms with Crippen LogP contribution in [0.2, 0.25) is 0 Å². The summed E-state index contributed by atoms with van der Waals surface area (Å²) in [6, 6.07) is 5.75. The lowest BCUT2D eigenvalue weighted by molar-refractivity contribution is 0.0600. The smallest absolute Gasteiger partial charge is 0.340 e. The fourth-order valence-electron chi connectivity index (χ4n) is 3.95. The van der Waals surface area contributed by atoms with E-state index in [4.69, 9.17) is 9.47 Å². The summed E-state index contributed by atoms with van der Waals surface area (Å²) in [6.07, 6.45) is 5.05. The van der Waals surface area contributed by atoms with E-state index in [1.165, 1.54) is 7.11 Å². The molecule has 28 heavy (non-hydrogen) atoms. The maximum Gasteiger partial charge on any atom is 0.340 e. The summed E-state index contributed by atoms with van der Waals surface area (Å²) < 4.78 is 10.2. The largest absolute Gasteiger partial charge is 0.481 e. The van der Waals surface area contributed by atoms with Crippen molar-refractivity contribution in [1.29, 1.82) is 0 Å². The lowest BCUT2D eigenvalue weighted by Crippen LogP contribution is -2.24. The number of hydrogen-bond donors (Lipinski definition) is 1. The van der Waals surface area contributed by atoms with E-state index in [9.17, 15) is 9.90 Å². The highest BCUT2D eigenvalue weighted by molar-refractivity contribution is 6.04. The number of rotatable bonds is 5.